The van der Waals surface area contributed by atoms with E-state index in [-0.39, 0.29) is 5.95 Å². The van der Waals surface area contributed by atoms with Gasteiger partial charge < -0.3 is 15.8 Å². The molecule has 0 amide bonds. The van der Waals surface area contributed by atoms with E-state index in [1.807, 2.05) is 17.8 Å². The molecule has 2 aromatic heterocycles. The smallest absolute Gasteiger partial charge is 0.226 e. The third-order valence-corrected chi connectivity index (χ3v) is 2.36. The van der Waals surface area contributed by atoms with Crippen LogP contribution in [-0.4, -0.2) is 26.3 Å². The van der Waals surface area contributed by atoms with Crippen LogP contribution in [-0.2, 0) is 6.54 Å². The van der Waals surface area contributed by atoms with Gasteiger partial charge in [-0.3, -0.25) is 4.68 Å². The maximum atomic E-state index is 5.63. The Kier molecular flexibility index (Phi) is 4.17. The first-order valence-electron chi connectivity index (χ1n) is 6.30. The molecule has 0 radical (unpaired) electrons. The summed E-state index contributed by atoms with van der Waals surface area (Å²) < 4.78 is 7.44. The highest BCUT2D eigenvalue weighted by Crippen LogP contribution is 2.21. The molecule has 0 aromatic carbocycles. The summed E-state index contributed by atoms with van der Waals surface area (Å²) in [6.45, 7) is 5.69. The third kappa shape index (κ3) is 3.57. The van der Waals surface area contributed by atoms with Gasteiger partial charge in [-0.05, 0) is 13.3 Å². The van der Waals surface area contributed by atoms with Crippen LogP contribution in [0.4, 0.5) is 11.8 Å². The fourth-order valence-electron chi connectivity index (χ4n) is 1.64. The number of hydrogen-bond acceptors (Lipinski definition) is 6. The fraction of sp³-hybridized carbons (Fsp3) is 0.417. The molecule has 0 spiro atoms. The van der Waals surface area contributed by atoms with Crippen molar-refractivity contribution in [3.63, 3.8) is 0 Å². The van der Waals surface area contributed by atoms with Gasteiger partial charge in [-0.2, -0.15) is 15.1 Å². The molecule has 0 saturated carbocycles. The number of nitrogens with one attached hydrogen (secondary N) is 1. The topological polar surface area (TPSA) is 90.9 Å². The van der Waals surface area contributed by atoms with Gasteiger partial charge in [0.05, 0.1) is 12.4 Å². The van der Waals surface area contributed by atoms with E-state index in [4.69, 9.17) is 10.5 Å². The molecule has 0 aliphatic rings. The van der Waals surface area contributed by atoms with Crippen molar-refractivity contribution >= 4 is 11.8 Å². The summed E-state index contributed by atoms with van der Waals surface area (Å²) in [6, 6.07) is 1.71. The lowest BCUT2D eigenvalue weighted by Crippen LogP contribution is -2.04. The Balaban J connectivity index is 2.12. The number of nitrogens with two attached hydrogens (primary N) is 1. The van der Waals surface area contributed by atoms with E-state index in [2.05, 4.69) is 27.3 Å². The van der Waals surface area contributed by atoms with Crippen molar-refractivity contribution in [1.29, 1.82) is 0 Å². The number of rotatable bonds is 6. The number of nitrogens with zero attached hydrogens (tertiary/aromatic N) is 4. The summed E-state index contributed by atoms with van der Waals surface area (Å²) in [5.41, 5.74) is 5.63. The maximum absolute atomic E-state index is 5.63. The van der Waals surface area contributed by atoms with E-state index >= 15 is 0 Å². The van der Waals surface area contributed by atoms with Gasteiger partial charge in [-0.1, -0.05) is 6.92 Å². The molecule has 0 atom stereocenters. The molecule has 0 unspecified atom stereocenters. The Hall–Kier alpha value is -2.31. The summed E-state index contributed by atoms with van der Waals surface area (Å²) >= 11 is 0. The Labute approximate surface area is 111 Å². The van der Waals surface area contributed by atoms with Gasteiger partial charge in [-0.25, -0.2) is 0 Å². The molecule has 3 N–H and O–H groups in total. The van der Waals surface area contributed by atoms with Crippen LogP contribution in [0, 0.1) is 0 Å². The summed E-state index contributed by atoms with van der Waals surface area (Å²) in [5, 5.41) is 7.25. The maximum Gasteiger partial charge on any atom is 0.226 e. The Morgan fingerprint density at radius 1 is 1.37 bits per heavy atom. The third-order valence-electron chi connectivity index (χ3n) is 2.36. The molecular formula is C12H18N6O. The molecule has 0 aliphatic heterocycles. The number of aromatic nitrogens is 4. The first-order chi connectivity index (χ1) is 9.21. The molecule has 2 heterocycles. The minimum Gasteiger partial charge on any atom is -0.435 e. The first kappa shape index (κ1) is 13.1. The van der Waals surface area contributed by atoms with Crippen molar-refractivity contribution in [3.8, 4) is 11.6 Å². The molecule has 2 aromatic rings. The zero-order valence-corrected chi connectivity index (χ0v) is 11.1. The van der Waals surface area contributed by atoms with E-state index in [9.17, 15) is 0 Å². The highest BCUT2D eigenvalue weighted by atomic mass is 16.5. The zero-order chi connectivity index (χ0) is 13.7. The van der Waals surface area contributed by atoms with Crippen molar-refractivity contribution < 1.29 is 4.74 Å². The number of nitrogen functional groups attached to an aromatic ring is 1. The minimum absolute atomic E-state index is 0.175. The molecule has 2 rings (SSSR count). The largest absolute Gasteiger partial charge is 0.435 e. The normalized spacial score (nSPS) is 10.4. The molecule has 0 bridgehead atoms. The fourth-order valence-corrected chi connectivity index (χ4v) is 1.64. The molecule has 0 saturated heterocycles. The highest BCUT2D eigenvalue weighted by molar-refractivity contribution is 5.43. The quantitative estimate of drug-likeness (QED) is 0.826. The van der Waals surface area contributed by atoms with Crippen molar-refractivity contribution in [2.75, 3.05) is 17.6 Å². The number of aryl methyl sites for hydroxylation is 1. The van der Waals surface area contributed by atoms with E-state index in [0.717, 1.165) is 19.5 Å². The monoisotopic (exact) mass is 262 g/mol. The van der Waals surface area contributed by atoms with Gasteiger partial charge in [-0.15, -0.1) is 0 Å². The first-order valence-corrected chi connectivity index (χ1v) is 6.30. The Morgan fingerprint density at radius 2 is 2.21 bits per heavy atom. The SMILES string of the molecule is CCCn1cc(Oc2cc(NCC)nc(N)n2)cn1. The van der Waals surface area contributed by atoms with Crippen LogP contribution in [0.2, 0.25) is 0 Å². The Morgan fingerprint density at radius 3 is 2.95 bits per heavy atom. The van der Waals surface area contributed by atoms with Gasteiger partial charge in [0, 0.05) is 19.2 Å². The number of anilines is 2. The van der Waals surface area contributed by atoms with E-state index in [0.29, 0.717) is 17.4 Å². The van der Waals surface area contributed by atoms with Gasteiger partial charge in [0.15, 0.2) is 5.75 Å². The van der Waals surface area contributed by atoms with Crippen LogP contribution >= 0.6 is 0 Å². The summed E-state index contributed by atoms with van der Waals surface area (Å²) in [6.07, 6.45) is 4.50. The summed E-state index contributed by atoms with van der Waals surface area (Å²) in [7, 11) is 0. The van der Waals surface area contributed by atoms with Crippen molar-refractivity contribution in [2.24, 2.45) is 0 Å². The van der Waals surface area contributed by atoms with Crippen LogP contribution in [0.1, 0.15) is 20.3 Å². The van der Waals surface area contributed by atoms with Crippen LogP contribution in [0.3, 0.4) is 0 Å². The average molecular weight is 262 g/mol. The molecule has 102 valence electrons. The molecule has 19 heavy (non-hydrogen) atoms. The second-order valence-electron chi connectivity index (χ2n) is 4.02. The molecule has 7 nitrogen and oxygen atoms in total. The van der Waals surface area contributed by atoms with Gasteiger partial charge in [0.2, 0.25) is 11.8 Å². The molecule has 7 heteroatoms. The average Bonchev–Trinajstić information content (AvgIpc) is 2.76. The minimum atomic E-state index is 0.175. The molecule has 0 aliphatic carbocycles. The predicted octanol–water partition coefficient (Wildman–Crippen LogP) is 1.89. The zero-order valence-electron chi connectivity index (χ0n) is 11.1. The van der Waals surface area contributed by atoms with Crippen molar-refractivity contribution in [3.05, 3.63) is 18.5 Å². The lowest BCUT2D eigenvalue weighted by atomic mass is 10.5. The van der Waals surface area contributed by atoms with Gasteiger partial charge in [0.1, 0.15) is 5.82 Å². The lowest BCUT2D eigenvalue weighted by molar-refractivity contribution is 0.461. The van der Waals surface area contributed by atoms with Crippen molar-refractivity contribution in [1.82, 2.24) is 19.7 Å². The lowest BCUT2D eigenvalue weighted by Gasteiger charge is -2.06. The molecule has 0 fully saturated rings. The Bertz CT molecular complexity index is 539. The number of hydrogen-bond donors (Lipinski definition) is 2. The summed E-state index contributed by atoms with van der Waals surface area (Å²) in [5.74, 6) is 1.86. The standard InChI is InChI=1S/C12H18N6O/c1-3-5-18-8-9(7-15-18)19-11-6-10(14-4-2)16-12(13)17-11/h6-8H,3-5H2,1-2H3,(H3,13,14,16,17). The van der Waals surface area contributed by atoms with Gasteiger partial charge >= 0.3 is 0 Å². The van der Waals surface area contributed by atoms with Crippen LogP contribution in [0.15, 0.2) is 18.5 Å². The second-order valence-corrected chi connectivity index (χ2v) is 4.02. The van der Waals surface area contributed by atoms with Crippen molar-refractivity contribution in [2.45, 2.75) is 26.8 Å². The molecular weight excluding hydrogens is 244 g/mol. The second kappa shape index (κ2) is 6.03. The summed E-state index contributed by atoms with van der Waals surface area (Å²) in [4.78, 5) is 8.09. The van der Waals surface area contributed by atoms with E-state index < -0.39 is 0 Å². The van der Waals surface area contributed by atoms with E-state index in [1.165, 1.54) is 0 Å². The van der Waals surface area contributed by atoms with Crippen LogP contribution in [0.25, 0.3) is 0 Å². The van der Waals surface area contributed by atoms with Gasteiger partial charge in [0.25, 0.3) is 0 Å². The highest BCUT2D eigenvalue weighted by Gasteiger charge is 2.06. The van der Waals surface area contributed by atoms with Crippen LogP contribution < -0.4 is 15.8 Å². The predicted molar refractivity (Wildman–Crippen MR) is 73.2 cm³/mol. The van der Waals surface area contributed by atoms with Crippen LogP contribution in [0.5, 0.6) is 11.6 Å². The van der Waals surface area contributed by atoms with E-state index in [1.54, 1.807) is 12.3 Å². The number of ether oxygens (including phenoxy) is 1.